The molecule has 1 heteroatoms. The van der Waals surface area contributed by atoms with Gasteiger partial charge in [-0.3, -0.25) is 0 Å². The smallest absolute Gasteiger partial charge is 0.0714 e. The summed E-state index contributed by atoms with van der Waals surface area (Å²) >= 11 is 0. The van der Waals surface area contributed by atoms with Gasteiger partial charge >= 0.3 is 0 Å². The van der Waals surface area contributed by atoms with Crippen LogP contribution in [0.15, 0.2) is 261 Å². The van der Waals surface area contributed by atoms with E-state index in [2.05, 4.69) is 266 Å². The van der Waals surface area contributed by atoms with Crippen molar-refractivity contribution in [1.82, 2.24) is 0 Å². The van der Waals surface area contributed by atoms with Gasteiger partial charge in [0.25, 0.3) is 0 Å². The molecule has 11 rings (SSSR count). The van der Waals surface area contributed by atoms with E-state index in [1.807, 2.05) is 0 Å². The summed E-state index contributed by atoms with van der Waals surface area (Å²) in [5.74, 6) is 0. The standard InChI is InChI=1S/C61H43N/c1-5-18-44(19-6-1)47-32-34-48(35-33-47)49-36-38-54(39-37-49)62(56-41-50(45-20-7-2-8-21-45)40-51(42-56)46-22-9-3-10-23-46)55-27-17-26-53(43-55)61(52-24-11-4-12-25-52)59-30-15-13-28-57(59)58-29-14-16-31-60(58)61/h1-43H. The van der Waals surface area contributed by atoms with Crippen LogP contribution in [0.25, 0.3) is 55.6 Å². The number of fused-ring (bicyclic) bond motifs is 3. The predicted molar refractivity (Wildman–Crippen MR) is 260 cm³/mol. The van der Waals surface area contributed by atoms with Crippen LogP contribution in [0.2, 0.25) is 0 Å². The molecule has 0 aliphatic heterocycles. The van der Waals surface area contributed by atoms with E-state index >= 15 is 0 Å². The van der Waals surface area contributed by atoms with Gasteiger partial charge in [0.15, 0.2) is 0 Å². The molecule has 62 heavy (non-hydrogen) atoms. The lowest BCUT2D eigenvalue weighted by molar-refractivity contribution is 0.768. The zero-order valence-corrected chi connectivity index (χ0v) is 34.3. The van der Waals surface area contributed by atoms with Crippen molar-refractivity contribution in [1.29, 1.82) is 0 Å². The molecule has 0 saturated carbocycles. The highest BCUT2D eigenvalue weighted by Gasteiger charge is 2.46. The summed E-state index contributed by atoms with van der Waals surface area (Å²) in [4.78, 5) is 2.44. The van der Waals surface area contributed by atoms with Crippen molar-refractivity contribution in [3.8, 4) is 55.6 Å². The first-order valence-electron chi connectivity index (χ1n) is 21.4. The van der Waals surface area contributed by atoms with Crippen molar-refractivity contribution < 1.29 is 0 Å². The molecule has 0 radical (unpaired) electrons. The number of hydrogen-bond donors (Lipinski definition) is 0. The van der Waals surface area contributed by atoms with E-state index in [1.54, 1.807) is 0 Å². The maximum atomic E-state index is 2.44. The molecule has 0 atom stereocenters. The van der Waals surface area contributed by atoms with Crippen LogP contribution in [-0.2, 0) is 5.41 Å². The SMILES string of the molecule is c1ccc(-c2ccc(-c3ccc(N(c4cc(-c5ccccc5)cc(-c5ccccc5)c4)c4cccc(C5(c6ccccc6)c6ccccc6-c6ccccc65)c4)cc3)cc2)cc1. The second-order valence-corrected chi connectivity index (χ2v) is 16.1. The van der Waals surface area contributed by atoms with Crippen molar-refractivity contribution in [3.05, 3.63) is 283 Å². The van der Waals surface area contributed by atoms with Gasteiger partial charge in [0.1, 0.15) is 0 Å². The summed E-state index contributed by atoms with van der Waals surface area (Å²) in [6, 6.07) is 95.3. The zero-order valence-electron chi connectivity index (χ0n) is 34.3. The fourth-order valence-electron chi connectivity index (χ4n) is 9.66. The Morgan fingerprint density at radius 2 is 0.613 bits per heavy atom. The van der Waals surface area contributed by atoms with Crippen LogP contribution < -0.4 is 4.90 Å². The minimum Gasteiger partial charge on any atom is -0.310 e. The van der Waals surface area contributed by atoms with Crippen LogP contribution in [0.5, 0.6) is 0 Å². The summed E-state index contributed by atoms with van der Waals surface area (Å²) in [7, 11) is 0. The molecule has 1 nitrogen and oxygen atoms in total. The number of anilines is 3. The molecule has 0 aromatic heterocycles. The topological polar surface area (TPSA) is 3.24 Å². The van der Waals surface area contributed by atoms with Crippen molar-refractivity contribution in [2.24, 2.45) is 0 Å². The molecule has 10 aromatic rings. The molecular formula is C61H43N. The lowest BCUT2D eigenvalue weighted by Crippen LogP contribution is -2.28. The van der Waals surface area contributed by atoms with Crippen molar-refractivity contribution in [2.45, 2.75) is 5.41 Å². The predicted octanol–water partition coefficient (Wildman–Crippen LogP) is 16.2. The fraction of sp³-hybridized carbons (Fsp3) is 0.0164. The van der Waals surface area contributed by atoms with Gasteiger partial charge in [-0.05, 0) is 120 Å². The molecule has 0 N–H and O–H groups in total. The van der Waals surface area contributed by atoms with E-state index in [0.717, 1.165) is 28.2 Å². The Morgan fingerprint density at radius 3 is 1.11 bits per heavy atom. The Bertz CT molecular complexity index is 3030. The van der Waals surface area contributed by atoms with Crippen LogP contribution in [0.4, 0.5) is 17.1 Å². The normalized spacial score (nSPS) is 12.3. The molecule has 0 amide bonds. The minimum atomic E-state index is -0.521. The first-order valence-corrected chi connectivity index (χ1v) is 21.4. The molecule has 0 unspecified atom stereocenters. The second-order valence-electron chi connectivity index (χ2n) is 16.1. The third-order valence-electron chi connectivity index (χ3n) is 12.5. The van der Waals surface area contributed by atoms with Gasteiger partial charge in [0.05, 0.1) is 5.41 Å². The highest BCUT2D eigenvalue weighted by Crippen LogP contribution is 2.56. The Hall–Kier alpha value is -8.00. The molecule has 10 aromatic carbocycles. The highest BCUT2D eigenvalue weighted by molar-refractivity contribution is 5.89. The minimum absolute atomic E-state index is 0.521. The van der Waals surface area contributed by atoms with Crippen LogP contribution in [0.3, 0.4) is 0 Å². The largest absolute Gasteiger partial charge is 0.310 e. The van der Waals surface area contributed by atoms with E-state index in [-0.39, 0.29) is 0 Å². The van der Waals surface area contributed by atoms with Gasteiger partial charge in [-0.1, -0.05) is 218 Å². The Balaban J connectivity index is 1.11. The molecule has 0 fully saturated rings. The number of rotatable bonds is 9. The van der Waals surface area contributed by atoms with E-state index < -0.39 is 5.41 Å². The molecular weight excluding hydrogens is 747 g/mol. The Labute approximate surface area is 364 Å². The summed E-state index contributed by atoms with van der Waals surface area (Å²) in [5, 5.41) is 0. The lowest BCUT2D eigenvalue weighted by atomic mass is 9.67. The number of nitrogens with zero attached hydrogens (tertiary/aromatic N) is 1. The van der Waals surface area contributed by atoms with E-state index in [0.29, 0.717) is 0 Å². The Kier molecular flexibility index (Phi) is 9.48. The van der Waals surface area contributed by atoms with Crippen LogP contribution in [0.1, 0.15) is 22.3 Å². The molecule has 0 saturated heterocycles. The third kappa shape index (κ3) is 6.52. The third-order valence-corrected chi connectivity index (χ3v) is 12.5. The molecule has 292 valence electrons. The van der Waals surface area contributed by atoms with E-state index in [4.69, 9.17) is 0 Å². The first kappa shape index (κ1) is 37.0. The van der Waals surface area contributed by atoms with Gasteiger partial charge in [0, 0.05) is 17.1 Å². The monoisotopic (exact) mass is 789 g/mol. The lowest BCUT2D eigenvalue weighted by Gasteiger charge is -2.35. The average molecular weight is 790 g/mol. The second kappa shape index (κ2) is 15.9. The molecule has 0 spiro atoms. The van der Waals surface area contributed by atoms with E-state index in [1.165, 1.54) is 66.8 Å². The van der Waals surface area contributed by atoms with Gasteiger partial charge in [-0.25, -0.2) is 0 Å². The summed E-state index contributed by atoms with van der Waals surface area (Å²) in [6.07, 6.45) is 0. The van der Waals surface area contributed by atoms with Crippen LogP contribution in [0, 0.1) is 0 Å². The van der Waals surface area contributed by atoms with Crippen LogP contribution >= 0.6 is 0 Å². The average Bonchev–Trinajstić information content (AvgIpc) is 3.66. The zero-order chi connectivity index (χ0) is 41.3. The molecule has 0 bridgehead atoms. The molecule has 1 aliphatic rings. The quantitative estimate of drug-likeness (QED) is 0.141. The molecule has 1 aliphatic carbocycles. The maximum absolute atomic E-state index is 2.44. The summed E-state index contributed by atoms with van der Waals surface area (Å²) in [6.45, 7) is 0. The highest BCUT2D eigenvalue weighted by atomic mass is 15.1. The van der Waals surface area contributed by atoms with Gasteiger partial charge in [-0.2, -0.15) is 0 Å². The fourth-order valence-corrected chi connectivity index (χ4v) is 9.66. The summed E-state index contributed by atoms with van der Waals surface area (Å²) < 4.78 is 0. The van der Waals surface area contributed by atoms with Gasteiger partial charge in [0.2, 0.25) is 0 Å². The Morgan fingerprint density at radius 1 is 0.226 bits per heavy atom. The van der Waals surface area contributed by atoms with Crippen molar-refractivity contribution in [3.63, 3.8) is 0 Å². The van der Waals surface area contributed by atoms with Crippen molar-refractivity contribution in [2.75, 3.05) is 4.90 Å². The first-order chi connectivity index (χ1) is 30.7. The number of benzene rings is 10. The maximum Gasteiger partial charge on any atom is 0.0714 e. The van der Waals surface area contributed by atoms with Gasteiger partial charge in [-0.15, -0.1) is 0 Å². The summed E-state index contributed by atoms with van der Waals surface area (Å²) in [5.41, 5.74) is 19.9. The number of hydrogen-bond acceptors (Lipinski definition) is 1. The van der Waals surface area contributed by atoms with E-state index in [9.17, 15) is 0 Å². The van der Waals surface area contributed by atoms with Crippen LogP contribution in [-0.4, -0.2) is 0 Å². The van der Waals surface area contributed by atoms with Crippen molar-refractivity contribution >= 4 is 17.1 Å². The molecule has 0 heterocycles. The van der Waals surface area contributed by atoms with Gasteiger partial charge < -0.3 is 4.90 Å².